The number of allylic oxidation sites excluding steroid dienone is 1. The Morgan fingerprint density at radius 3 is 2.89 bits per heavy atom. The molecule has 37 heavy (non-hydrogen) atoms. The van der Waals surface area contributed by atoms with Gasteiger partial charge in [0.1, 0.15) is 12.4 Å². The summed E-state index contributed by atoms with van der Waals surface area (Å²) in [5.74, 6) is 0.804. The Morgan fingerprint density at radius 1 is 1.22 bits per heavy atom. The first kappa shape index (κ1) is 25.2. The lowest BCUT2D eigenvalue weighted by atomic mass is 9.88. The quantitative estimate of drug-likeness (QED) is 0.482. The van der Waals surface area contributed by atoms with Crippen LogP contribution < -0.4 is 15.6 Å². The molecule has 0 unspecified atom stereocenters. The van der Waals surface area contributed by atoms with E-state index in [1.807, 2.05) is 11.9 Å². The van der Waals surface area contributed by atoms with E-state index in [-0.39, 0.29) is 24.0 Å². The number of rotatable bonds is 7. The predicted molar refractivity (Wildman–Crippen MR) is 145 cm³/mol. The third-order valence-corrected chi connectivity index (χ3v) is 7.27. The van der Waals surface area contributed by atoms with Gasteiger partial charge in [-0.15, -0.1) is 0 Å². The molecule has 7 nitrogen and oxygen atoms in total. The number of carbonyl (C=O) groups excluding carboxylic acids is 1. The monoisotopic (exact) mass is 518 g/mol. The number of hydrogen-bond donors (Lipinski definition) is 2. The van der Waals surface area contributed by atoms with Crippen LogP contribution in [0.15, 0.2) is 53.6 Å². The molecule has 1 atom stereocenters. The highest BCUT2D eigenvalue weighted by Crippen LogP contribution is 2.34. The van der Waals surface area contributed by atoms with Gasteiger partial charge in [0.2, 0.25) is 5.91 Å². The Bertz CT molecular complexity index is 1360. The molecule has 1 saturated heterocycles. The Balaban J connectivity index is 1.32. The van der Waals surface area contributed by atoms with Gasteiger partial charge in [0.05, 0.1) is 22.2 Å². The molecule has 1 aromatic carbocycles. The number of ether oxygens (including phenoxy) is 1. The van der Waals surface area contributed by atoms with E-state index in [4.69, 9.17) is 16.3 Å². The van der Waals surface area contributed by atoms with Crippen LogP contribution in [0.2, 0.25) is 5.02 Å². The highest BCUT2D eigenvalue weighted by Gasteiger charge is 2.24. The molecule has 1 amide bonds. The van der Waals surface area contributed by atoms with Crippen molar-refractivity contribution in [3.8, 4) is 5.75 Å². The summed E-state index contributed by atoms with van der Waals surface area (Å²) >= 11 is 5.92. The fraction of sp³-hybridized carbons (Fsp3) is 0.345. The summed E-state index contributed by atoms with van der Waals surface area (Å²) in [6.45, 7) is 2.59. The number of benzene rings is 1. The van der Waals surface area contributed by atoms with Crippen molar-refractivity contribution in [3.05, 3.63) is 92.1 Å². The third kappa shape index (κ3) is 5.95. The average Bonchev–Trinajstić information content (AvgIpc) is 2.92. The van der Waals surface area contributed by atoms with Crippen molar-refractivity contribution in [2.24, 2.45) is 5.92 Å². The van der Waals surface area contributed by atoms with Crippen molar-refractivity contribution >= 4 is 29.2 Å². The van der Waals surface area contributed by atoms with E-state index < -0.39 is 0 Å². The van der Waals surface area contributed by atoms with Crippen molar-refractivity contribution in [3.63, 3.8) is 0 Å². The van der Waals surface area contributed by atoms with Gasteiger partial charge in [0.25, 0.3) is 5.56 Å². The van der Waals surface area contributed by atoms with Crippen molar-refractivity contribution < 1.29 is 9.53 Å². The van der Waals surface area contributed by atoms with Crippen molar-refractivity contribution in [2.45, 2.75) is 38.8 Å². The largest absolute Gasteiger partial charge is 0.486 e. The van der Waals surface area contributed by atoms with Gasteiger partial charge in [0, 0.05) is 32.5 Å². The van der Waals surface area contributed by atoms with Crippen LogP contribution in [0.3, 0.4) is 0 Å². The molecular formula is C29H31ClN4O3. The van der Waals surface area contributed by atoms with Gasteiger partial charge in [-0.2, -0.15) is 0 Å². The molecular weight excluding hydrogens is 488 g/mol. The van der Waals surface area contributed by atoms with E-state index in [0.29, 0.717) is 22.9 Å². The second-order valence-corrected chi connectivity index (χ2v) is 10.2. The van der Waals surface area contributed by atoms with Crippen molar-refractivity contribution in [2.75, 3.05) is 20.1 Å². The summed E-state index contributed by atoms with van der Waals surface area (Å²) in [7, 11) is 1.89. The minimum absolute atomic E-state index is 0.0673. The molecule has 3 aromatic rings. The molecule has 1 aliphatic heterocycles. The third-order valence-electron chi connectivity index (χ3n) is 7.05. The van der Waals surface area contributed by atoms with Gasteiger partial charge in [0.15, 0.2) is 0 Å². The minimum Gasteiger partial charge on any atom is -0.486 e. The first-order valence-electron chi connectivity index (χ1n) is 12.7. The average molecular weight is 519 g/mol. The van der Waals surface area contributed by atoms with Gasteiger partial charge in [-0.3, -0.25) is 14.6 Å². The molecule has 0 saturated carbocycles. The molecule has 192 valence electrons. The van der Waals surface area contributed by atoms with Crippen LogP contribution in [0.4, 0.5) is 0 Å². The van der Waals surface area contributed by atoms with Gasteiger partial charge in [-0.05, 0) is 72.7 Å². The molecule has 2 N–H and O–H groups in total. The molecule has 2 aliphatic rings. The first-order valence-corrected chi connectivity index (χ1v) is 13.1. The molecule has 0 spiro atoms. The van der Waals surface area contributed by atoms with E-state index in [0.717, 1.165) is 61.2 Å². The van der Waals surface area contributed by atoms with Crippen LogP contribution in [0.1, 0.15) is 47.2 Å². The fourth-order valence-corrected chi connectivity index (χ4v) is 5.21. The van der Waals surface area contributed by atoms with E-state index in [1.165, 1.54) is 5.56 Å². The van der Waals surface area contributed by atoms with Gasteiger partial charge in [-0.25, -0.2) is 0 Å². The zero-order chi connectivity index (χ0) is 25.8. The Kier molecular flexibility index (Phi) is 7.72. The zero-order valence-electron chi connectivity index (χ0n) is 20.9. The number of hydrogen-bond acceptors (Lipinski definition) is 5. The lowest BCUT2D eigenvalue weighted by molar-refractivity contribution is -0.135. The van der Waals surface area contributed by atoms with Crippen molar-refractivity contribution in [1.29, 1.82) is 0 Å². The maximum atomic E-state index is 12.8. The number of aryl methyl sites for hydroxylation is 1. The SMILES string of the molecule is CN(Cc1ccc2c(c1)CCC(c1c(OCc3ccc(Cl)cn3)cc[nH]c1=O)=C2)C(=O)[C@@H]1CCCNC1. The summed E-state index contributed by atoms with van der Waals surface area (Å²) in [6.07, 6.45) is 8.79. The summed E-state index contributed by atoms with van der Waals surface area (Å²) in [4.78, 5) is 34.6. The first-order chi connectivity index (χ1) is 18.0. The van der Waals surface area contributed by atoms with Crippen LogP contribution in [-0.4, -0.2) is 40.9 Å². The van der Waals surface area contributed by atoms with E-state index in [9.17, 15) is 9.59 Å². The van der Waals surface area contributed by atoms with E-state index >= 15 is 0 Å². The Morgan fingerprint density at radius 2 is 2.11 bits per heavy atom. The number of fused-ring (bicyclic) bond motifs is 1. The standard InChI is InChI=1S/C29H31ClN4O3/c1-34(29(36)23-3-2-11-31-15-23)17-19-4-5-21-14-22(7-6-20(21)13-19)27-26(10-12-32-28(27)35)37-18-25-9-8-24(30)16-33-25/h4-5,8-10,12-14,16,23,31H,2-3,6-7,11,15,17-18H2,1H3,(H,32,35)/t23-/m1/s1. The second-order valence-electron chi connectivity index (χ2n) is 9.74. The predicted octanol–water partition coefficient (Wildman–Crippen LogP) is 4.45. The number of nitrogens with zero attached hydrogens (tertiary/aromatic N) is 2. The van der Waals surface area contributed by atoms with Crippen LogP contribution in [0.25, 0.3) is 11.6 Å². The topological polar surface area (TPSA) is 87.3 Å². The number of aromatic nitrogens is 2. The minimum atomic E-state index is -0.176. The van der Waals surface area contributed by atoms with Gasteiger partial charge in [-0.1, -0.05) is 35.9 Å². The number of amides is 1. The molecule has 2 aromatic heterocycles. The number of carbonyl (C=O) groups is 1. The second kappa shape index (κ2) is 11.3. The fourth-order valence-electron chi connectivity index (χ4n) is 5.10. The van der Waals surface area contributed by atoms with Crippen LogP contribution >= 0.6 is 11.6 Å². The molecule has 8 heteroatoms. The van der Waals surface area contributed by atoms with Crippen molar-refractivity contribution in [1.82, 2.24) is 20.2 Å². The molecule has 0 bridgehead atoms. The molecule has 1 aliphatic carbocycles. The highest BCUT2D eigenvalue weighted by molar-refractivity contribution is 6.30. The Labute approximate surface area is 221 Å². The summed E-state index contributed by atoms with van der Waals surface area (Å²) in [6, 6.07) is 11.7. The number of pyridine rings is 2. The number of nitrogens with one attached hydrogen (secondary N) is 2. The number of halogens is 1. The number of piperidine rings is 1. The van der Waals surface area contributed by atoms with Crippen LogP contribution in [0, 0.1) is 5.92 Å². The maximum Gasteiger partial charge on any atom is 0.259 e. The maximum absolute atomic E-state index is 12.8. The van der Waals surface area contributed by atoms with Gasteiger partial charge >= 0.3 is 0 Å². The summed E-state index contributed by atoms with van der Waals surface area (Å²) in [5, 5.41) is 3.89. The summed E-state index contributed by atoms with van der Waals surface area (Å²) < 4.78 is 6.01. The lowest BCUT2D eigenvalue weighted by Crippen LogP contribution is -2.41. The van der Waals surface area contributed by atoms with Crippen LogP contribution in [-0.2, 0) is 24.4 Å². The van der Waals surface area contributed by atoms with Gasteiger partial charge < -0.3 is 19.9 Å². The summed E-state index contributed by atoms with van der Waals surface area (Å²) in [5.41, 5.74) is 5.48. The van der Waals surface area contributed by atoms with Crippen LogP contribution in [0.5, 0.6) is 5.75 Å². The van der Waals surface area contributed by atoms with E-state index in [1.54, 1.807) is 30.6 Å². The molecule has 0 radical (unpaired) electrons. The highest BCUT2D eigenvalue weighted by atomic mass is 35.5. The zero-order valence-corrected chi connectivity index (χ0v) is 21.7. The number of H-pyrrole nitrogens is 1. The lowest BCUT2D eigenvalue weighted by Gasteiger charge is -2.27. The normalized spacial score (nSPS) is 17.0. The molecule has 3 heterocycles. The Hall–Kier alpha value is -3.42. The number of aromatic amines is 1. The molecule has 1 fully saturated rings. The van der Waals surface area contributed by atoms with E-state index in [2.05, 4.69) is 39.6 Å². The molecule has 5 rings (SSSR count). The smallest absolute Gasteiger partial charge is 0.259 e.